The van der Waals surface area contributed by atoms with Gasteiger partial charge in [-0.1, -0.05) is 0 Å². The minimum absolute atomic E-state index is 0.0637. The van der Waals surface area contributed by atoms with Gasteiger partial charge in [0.05, 0.1) is 18.0 Å². The predicted molar refractivity (Wildman–Crippen MR) is 114 cm³/mol. The van der Waals surface area contributed by atoms with Crippen molar-refractivity contribution >= 4 is 15.9 Å². The number of rotatable bonds is 6. The first-order valence-electron chi connectivity index (χ1n) is 10.6. The summed E-state index contributed by atoms with van der Waals surface area (Å²) in [7, 11) is -3.73. The third-order valence-corrected chi connectivity index (χ3v) is 7.79. The number of amides is 1. The van der Waals surface area contributed by atoms with Crippen molar-refractivity contribution in [3.8, 4) is 11.4 Å². The largest absolute Gasteiger partial charge is 0.378 e. The molecular formula is C21H27N5O4S. The van der Waals surface area contributed by atoms with Crippen LogP contribution in [-0.2, 0) is 19.6 Å². The van der Waals surface area contributed by atoms with E-state index in [0.29, 0.717) is 31.0 Å². The van der Waals surface area contributed by atoms with Gasteiger partial charge in [-0.15, -0.1) is 0 Å². The van der Waals surface area contributed by atoms with Crippen LogP contribution >= 0.6 is 0 Å². The highest BCUT2D eigenvalue weighted by Crippen LogP contribution is 2.23. The number of aromatic nitrogens is 3. The lowest BCUT2D eigenvalue weighted by Gasteiger charge is -2.34. The van der Waals surface area contributed by atoms with Crippen molar-refractivity contribution in [2.45, 2.75) is 43.6 Å². The third-order valence-electron chi connectivity index (χ3n) is 5.79. The van der Waals surface area contributed by atoms with Crippen LogP contribution in [-0.4, -0.2) is 77.4 Å². The molecule has 0 unspecified atom stereocenters. The normalized spacial score (nSPS) is 20.2. The quantitative estimate of drug-likeness (QED) is 0.665. The molecule has 0 aliphatic carbocycles. The number of hydrogen-bond donors (Lipinski definition) is 0. The van der Waals surface area contributed by atoms with Crippen molar-refractivity contribution in [2.24, 2.45) is 0 Å². The van der Waals surface area contributed by atoms with Gasteiger partial charge in [-0.25, -0.2) is 18.4 Å². The second-order valence-corrected chi connectivity index (χ2v) is 9.74. The van der Waals surface area contributed by atoms with Crippen molar-refractivity contribution in [3.63, 3.8) is 0 Å². The van der Waals surface area contributed by atoms with Crippen LogP contribution < -0.4 is 0 Å². The summed E-state index contributed by atoms with van der Waals surface area (Å²) in [5.41, 5.74) is 1.18. The zero-order valence-electron chi connectivity index (χ0n) is 17.6. The number of sulfonamides is 1. The first-order valence-corrected chi connectivity index (χ1v) is 12.0. The molecule has 1 amide bonds. The van der Waals surface area contributed by atoms with Gasteiger partial charge in [0.15, 0.2) is 5.82 Å². The summed E-state index contributed by atoms with van der Waals surface area (Å²) >= 11 is 0. The molecule has 10 heteroatoms. The fraction of sp³-hybridized carbons (Fsp3) is 0.524. The molecule has 2 aliphatic rings. The van der Waals surface area contributed by atoms with Crippen molar-refractivity contribution in [2.75, 3.05) is 32.8 Å². The Kier molecular flexibility index (Phi) is 6.59. The van der Waals surface area contributed by atoms with Crippen LogP contribution in [0, 0.1) is 6.92 Å². The minimum Gasteiger partial charge on any atom is -0.378 e. The van der Waals surface area contributed by atoms with Gasteiger partial charge in [-0.05, 0) is 38.3 Å². The van der Waals surface area contributed by atoms with E-state index in [1.807, 2.05) is 0 Å². The van der Waals surface area contributed by atoms with Gasteiger partial charge < -0.3 is 9.64 Å². The summed E-state index contributed by atoms with van der Waals surface area (Å²) in [6.45, 7) is 3.75. The van der Waals surface area contributed by atoms with E-state index in [2.05, 4.69) is 15.0 Å². The van der Waals surface area contributed by atoms with E-state index >= 15 is 0 Å². The van der Waals surface area contributed by atoms with Crippen molar-refractivity contribution in [1.82, 2.24) is 24.2 Å². The van der Waals surface area contributed by atoms with E-state index in [0.717, 1.165) is 31.4 Å². The first kappa shape index (κ1) is 21.8. The molecule has 0 spiro atoms. The predicted octanol–water partition coefficient (Wildman–Crippen LogP) is 1.64. The molecule has 0 radical (unpaired) electrons. The van der Waals surface area contributed by atoms with Crippen LogP contribution in [0.2, 0.25) is 0 Å². The highest BCUT2D eigenvalue weighted by atomic mass is 32.2. The van der Waals surface area contributed by atoms with E-state index in [4.69, 9.17) is 4.74 Å². The van der Waals surface area contributed by atoms with Gasteiger partial charge in [-0.2, -0.15) is 4.31 Å². The average molecular weight is 446 g/mol. The molecule has 0 aromatic carbocycles. The Bertz CT molecular complexity index is 1020. The molecule has 0 saturated carbocycles. The van der Waals surface area contributed by atoms with Crippen LogP contribution in [0.1, 0.15) is 31.4 Å². The van der Waals surface area contributed by atoms with Crippen molar-refractivity contribution in [3.05, 3.63) is 36.4 Å². The molecule has 0 N–H and O–H groups in total. The Balaban J connectivity index is 1.38. The second-order valence-electron chi connectivity index (χ2n) is 7.84. The monoisotopic (exact) mass is 445 g/mol. The smallest absolute Gasteiger partial charge is 0.246 e. The van der Waals surface area contributed by atoms with E-state index < -0.39 is 10.0 Å². The van der Waals surface area contributed by atoms with Crippen LogP contribution in [0.3, 0.4) is 0 Å². The van der Waals surface area contributed by atoms with E-state index in [9.17, 15) is 13.2 Å². The molecule has 4 heterocycles. The molecule has 2 aromatic rings. The number of carbonyl (C=O) groups excluding carboxylic acids is 1. The third kappa shape index (κ3) is 4.91. The minimum atomic E-state index is -3.73. The fourth-order valence-electron chi connectivity index (χ4n) is 3.98. The molecule has 9 nitrogen and oxygen atoms in total. The summed E-state index contributed by atoms with van der Waals surface area (Å²) in [4.78, 5) is 26.9. The fourth-order valence-corrected chi connectivity index (χ4v) is 5.51. The molecule has 166 valence electrons. The number of aryl methyl sites for hydroxylation is 1. The van der Waals surface area contributed by atoms with E-state index in [1.165, 1.54) is 10.5 Å². The molecule has 2 fully saturated rings. The summed E-state index contributed by atoms with van der Waals surface area (Å²) in [5.74, 6) is 0.522. The molecule has 0 bridgehead atoms. The Hall–Kier alpha value is -2.43. The van der Waals surface area contributed by atoms with Gasteiger partial charge in [0.25, 0.3) is 0 Å². The zero-order valence-corrected chi connectivity index (χ0v) is 18.4. The maximum absolute atomic E-state index is 13.1. The second kappa shape index (κ2) is 9.37. The summed E-state index contributed by atoms with van der Waals surface area (Å²) < 4.78 is 33.3. The molecule has 31 heavy (non-hydrogen) atoms. The lowest BCUT2D eigenvalue weighted by Crippen LogP contribution is -2.50. The molecule has 2 saturated heterocycles. The number of hydrogen-bond acceptors (Lipinski definition) is 7. The lowest BCUT2D eigenvalue weighted by molar-refractivity contribution is -0.133. The first-order chi connectivity index (χ1) is 14.9. The Morgan fingerprint density at radius 3 is 2.58 bits per heavy atom. The topological polar surface area (TPSA) is 106 Å². The van der Waals surface area contributed by atoms with Gasteiger partial charge in [-0.3, -0.25) is 9.78 Å². The maximum Gasteiger partial charge on any atom is 0.246 e. The van der Waals surface area contributed by atoms with Crippen LogP contribution in [0.5, 0.6) is 0 Å². The van der Waals surface area contributed by atoms with Gasteiger partial charge in [0, 0.05) is 57.2 Å². The van der Waals surface area contributed by atoms with E-state index in [1.54, 1.807) is 36.4 Å². The zero-order chi connectivity index (χ0) is 21.8. The molecule has 4 rings (SSSR count). The van der Waals surface area contributed by atoms with Crippen molar-refractivity contribution in [1.29, 1.82) is 0 Å². The molecular weight excluding hydrogens is 418 g/mol. The number of ether oxygens (including phenoxy) is 1. The van der Waals surface area contributed by atoms with Crippen LogP contribution in [0.15, 0.2) is 35.6 Å². The average Bonchev–Trinajstić information content (AvgIpc) is 3.31. The number of piperazine rings is 1. The maximum atomic E-state index is 13.1. The highest BCUT2D eigenvalue weighted by molar-refractivity contribution is 7.89. The summed E-state index contributed by atoms with van der Waals surface area (Å²) in [5, 5.41) is 0. The van der Waals surface area contributed by atoms with Crippen LogP contribution in [0.25, 0.3) is 11.4 Å². The SMILES string of the molecule is Cc1nc(-c2ccncc2)ncc1S(=O)(=O)N1CCN(C(=O)CC[C@@H]2CCCO2)CC1. The van der Waals surface area contributed by atoms with Gasteiger partial charge in [0.1, 0.15) is 4.90 Å². The summed E-state index contributed by atoms with van der Waals surface area (Å²) in [6.07, 6.45) is 8.08. The van der Waals surface area contributed by atoms with Crippen LogP contribution in [0.4, 0.5) is 0 Å². The Labute approximate surface area is 182 Å². The van der Waals surface area contributed by atoms with E-state index in [-0.39, 0.29) is 30.0 Å². The number of nitrogens with zero attached hydrogens (tertiary/aromatic N) is 5. The Morgan fingerprint density at radius 1 is 1.19 bits per heavy atom. The number of carbonyl (C=O) groups is 1. The van der Waals surface area contributed by atoms with Gasteiger partial charge >= 0.3 is 0 Å². The number of pyridine rings is 1. The molecule has 1 atom stereocenters. The highest BCUT2D eigenvalue weighted by Gasteiger charge is 2.32. The summed E-state index contributed by atoms with van der Waals surface area (Å²) in [6, 6.07) is 3.55. The van der Waals surface area contributed by atoms with Gasteiger partial charge in [0.2, 0.25) is 15.9 Å². The Morgan fingerprint density at radius 2 is 1.94 bits per heavy atom. The lowest BCUT2D eigenvalue weighted by atomic mass is 10.1. The molecule has 2 aromatic heterocycles. The standard InChI is InChI=1S/C21H27N5O4S/c1-16-19(15-23-21(24-16)17-6-8-22-9-7-17)31(28,29)26-12-10-25(11-13-26)20(27)5-4-18-3-2-14-30-18/h6-9,15,18H,2-5,10-14H2,1H3/t18-/m0/s1. The molecule has 2 aliphatic heterocycles. The van der Waals surface area contributed by atoms with Crippen molar-refractivity contribution < 1.29 is 17.9 Å².